The van der Waals surface area contributed by atoms with Crippen LogP contribution in [0.15, 0.2) is 0 Å². The molecule has 0 heterocycles. The Morgan fingerprint density at radius 2 is 0.400 bits per heavy atom. The van der Waals surface area contributed by atoms with Crippen molar-refractivity contribution in [2.24, 2.45) is 0 Å². The molecule has 14 heteroatoms. The minimum absolute atomic E-state index is 0. The monoisotopic (exact) mass is 368 g/mol. The molecule has 0 rings (SSSR count). The van der Waals surface area contributed by atoms with Gasteiger partial charge < -0.3 is 59.4 Å². The smallest absolute Gasteiger partial charge is 0.543 e. The van der Waals surface area contributed by atoms with Gasteiger partial charge in [-0.25, -0.2) is 0 Å². The van der Waals surface area contributed by atoms with Gasteiger partial charge in [-0.05, 0) is 0 Å². The number of hydrogen-bond donors (Lipinski definition) is 0. The van der Waals surface area contributed by atoms with Crippen molar-refractivity contribution in [1.29, 1.82) is 0 Å². The van der Waals surface area contributed by atoms with E-state index in [-0.39, 0.29) is 34.7 Å². The van der Waals surface area contributed by atoms with Crippen molar-refractivity contribution in [3.8, 4) is 0 Å². The van der Waals surface area contributed by atoms with Gasteiger partial charge in [0, 0.05) is 0 Å². The van der Waals surface area contributed by atoms with Crippen LogP contribution in [-0.4, -0.2) is 35.8 Å². The minimum atomic E-state index is -2.19. The summed E-state index contributed by atoms with van der Waals surface area (Å²) in [5.41, 5.74) is 0. The second kappa shape index (κ2) is 16.9. The van der Waals surface area contributed by atoms with Gasteiger partial charge in [0.05, 0.1) is 35.8 Å². The van der Waals surface area contributed by atoms with Crippen molar-refractivity contribution in [2.45, 2.75) is 0 Å². The van der Waals surface area contributed by atoms with Gasteiger partial charge in [-0.2, -0.15) is 0 Å². The number of carboxylic acid groups (broad SMARTS) is 6. The van der Waals surface area contributed by atoms with Crippen LogP contribution in [0.4, 0.5) is 0 Å². The number of aliphatic carboxylic acids is 6. The second-order valence-electron chi connectivity index (χ2n) is 1.72. The number of carbonyl (C=O) groups excluding carboxylic acids is 6. The number of carboxylic acids is 6. The zero-order chi connectivity index (χ0) is 15.5. The average molecular weight is 368 g/mol. The summed E-state index contributed by atoms with van der Waals surface area (Å²) in [5, 5.41) is 53.6. The summed E-state index contributed by atoms with van der Waals surface area (Å²) in [7, 11) is 0. The van der Waals surface area contributed by atoms with Gasteiger partial charge in [0.2, 0.25) is 0 Å². The summed E-state index contributed by atoms with van der Waals surface area (Å²) in [5.74, 6) is -13.1. The minimum Gasteiger partial charge on any atom is -0.543 e. The normalized spacial score (nSPS) is 6.60. The summed E-state index contributed by atoms with van der Waals surface area (Å²) >= 11 is 0. The van der Waals surface area contributed by atoms with Crippen LogP contribution < -0.4 is 30.6 Å². The molecular weight excluding hydrogens is 368 g/mol. The molecule has 0 aliphatic rings. The standard InChI is InChI=1S/3C2H2O4.2Cr/c3*3-1(4)2(5)6;;/h3*(H,3,4)(H,5,6);;/q;;;2*+2/p-6. The Morgan fingerprint density at radius 1 is 0.350 bits per heavy atom. The van der Waals surface area contributed by atoms with E-state index in [0.717, 1.165) is 0 Å². The van der Waals surface area contributed by atoms with E-state index in [1.54, 1.807) is 0 Å². The van der Waals surface area contributed by atoms with Crippen LogP contribution in [0.3, 0.4) is 0 Å². The predicted molar refractivity (Wildman–Crippen MR) is 30.0 cm³/mol. The van der Waals surface area contributed by atoms with Crippen LogP contribution in [0.5, 0.6) is 0 Å². The Bertz CT molecular complexity index is 281. The van der Waals surface area contributed by atoms with Gasteiger partial charge in [0.1, 0.15) is 0 Å². The van der Waals surface area contributed by atoms with Gasteiger partial charge in [-0.1, -0.05) is 0 Å². The van der Waals surface area contributed by atoms with E-state index >= 15 is 0 Å². The van der Waals surface area contributed by atoms with Gasteiger partial charge in [-0.15, -0.1) is 0 Å². The Hall–Kier alpha value is -2.12. The predicted octanol–water partition coefficient (Wildman–Crippen LogP) is -10.5. The van der Waals surface area contributed by atoms with Crippen LogP contribution >= 0.6 is 0 Å². The van der Waals surface area contributed by atoms with Crippen LogP contribution in [0.1, 0.15) is 0 Å². The largest absolute Gasteiger partial charge is 2.00 e. The molecular formula is C6Cr2O12-2. The fourth-order valence-corrected chi connectivity index (χ4v) is 0. The Kier molecular flexibility index (Phi) is 25.9. The first-order valence-corrected chi connectivity index (χ1v) is 3.20. The third-order valence-corrected chi connectivity index (χ3v) is 0.500. The molecule has 0 aliphatic heterocycles. The number of rotatable bonds is 0. The molecule has 0 bridgehead atoms. The third kappa shape index (κ3) is 36.0. The first-order valence-electron chi connectivity index (χ1n) is 3.20. The Balaban J connectivity index is -0.0000000536. The molecule has 0 aromatic rings. The zero-order valence-corrected chi connectivity index (χ0v) is 11.3. The maximum Gasteiger partial charge on any atom is 2.00 e. The second-order valence-corrected chi connectivity index (χ2v) is 1.72. The van der Waals surface area contributed by atoms with E-state index in [9.17, 15) is 0 Å². The molecule has 0 amide bonds. The molecule has 0 fully saturated rings. The van der Waals surface area contributed by atoms with Crippen molar-refractivity contribution in [2.75, 3.05) is 0 Å². The van der Waals surface area contributed by atoms with Gasteiger partial charge in [0.25, 0.3) is 0 Å². The molecule has 0 aromatic heterocycles. The topological polar surface area (TPSA) is 241 Å². The number of hydrogen-bond acceptors (Lipinski definition) is 12. The fraction of sp³-hybridized carbons (Fsp3) is 0. The molecule has 110 valence electrons. The summed E-state index contributed by atoms with van der Waals surface area (Å²) in [6.45, 7) is 0. The van der Waals surface area contributed by atoms with Gasteiger partial charge in [0.15, 0.2) is 0 Å². The molecule has 0 aromatic carbocycles. The van der Waals surface area contributed by atoms with Crippen LogP contribution in [0.2, 0.25) is 0 Å². The molecule has 0 spiro atoms. The average Bonchev–Trinajstić information content (AvgIpc) is 2.18. The third-order valence-electron chi connectivity index (χ3n) is 0.500. The maximum absolute atomic E-state index is 8.93. The molecule has 0 radical (unpaired) electrons. The van der Waals surface area contributed by atoms with Crippen LogP contribution in [0.25, 0.3) is 0 Å². The molecule has 0 N–H and O–H groups in total. The first kappa shape index (κ1) is 30.7. The maximum atomic E-state index is 8.93. The quantitative estimate of drug-likeness (QED) is 0.362. The van der Waals surface area contributed by atoms with Crippen molar-refractivity contribution >= 4 is 35.8 Å². The van der Waals surface area contributed by atoms with Crippen molar-refractivity contribution in [3.05, 3.63) is 0 Å². The van der Waals surface area contributed by atoms with E-state index < -0.39 is 35.8 Å². The Morgan fingerprint density at radius 3 is 0.400 bits per heavy atom. The zero-order valence-electron chi connectivity index (χ0n) is 8.72. The molecule has 0 atom stereocenters. The van der Waals surface area contributed by atoms with Gasteiger partial charge in [-0.3, -0.25) is 0 Å². The van der Waals surface area contributed by atoms with Crippen LogP contribution in [0, 0.1) is 0 Å². The van der Waals surface area contributed by atoms with Crippen molar-refractivity contribution in [1.82, 2.24) is 0 Å². The fourth-order valence-electron chi connectivity index (χ4n) is 0. The molecule has 0 aliphatic carbocycles. The van der Waals surface area contributed by atoms with Crippen LogP contribution in [-0.2, 0) is 63.5 Å². The molecule has 12 nitrogen and oxygen atoms in total. The van der Waals surface area contributed by atoms with E-state index in [1.807, 2.05) is 0 Å². The van der Waals surface area contributed by atoms with Crippen molar-refractivity contribution in [3.63, 3.8) is 0 Å². The summed E-state index contributed by atoms with van der Waals surface area (Å²) in [6.07, 6.45) is 0. The molecule has 20 heavy (non-hydrogen) atoms. The summed E-state index contributed by atoms with van der Waals surface area (Å²) < 4.78 is 0. The van der Waals surface area contributed by atoms with E-state index in [1.165, 1.54) is 0 Å². The molecule has 0 saturated carbocycles. The van der Waals surface area contributed by atoms with E-state index in [4.69, 9.17) is 59.4 Å². The molecule has 0 saturated heterocycles. The summed E-state index contributed by atoms with van der Waals surface area (Å²) in [4.78, 5) is 53.6. The van der Waals surface area contributed by atoms with Crippen molar-refractivity contribution < 1.29 is 94.1 Å². The van der Waals surface area contributed by atoms with E-state index in [0.29, 0.717) is 0 Å². The van der Waals surface area contributed by atoms with E-state index in [2.05, 4.69) is 0 Å². The summed E-state index contributed by atoms with van der Waals surface area (Å²) in [6, 6.07) is 0. The SMILES string of the molecule is O=C([O-])C(=O)[O-].O=C([O-])C(=O)[O-].O=C([O-])C(=O)[O-].[Cr+2].[Cr+2]. The number of carbonyl (C=O) groups is 6. The first-order chi connectivity index (χ1) is 7.93. The van der Waals surface area contributed by atoms with Gasteiger partial charge >= 0.3 is 34.7 Å². The molecule has 0 unspecified atom stereocenters. The Labute approximate surface area is 130 Å².